The monoisotopic (exact) mass is 325 g/mol. The van der Waals surface area contributed by atoms with Crippen LogP contribution in [0.25, 0.3) is 0 Å². The largest absolute Gasteiger partial charge is 0.346 e. The quantitative estimate of drug-likeness (QED) is 0.898. The second-order valence-corrected chi connectivity index (χ2v) is 5.81. The van der Waals surface area contributed by atoms with Crippen molar-refractivity contribution in [2.75, 3.05) is 6.54 Å². The summed E-state index contributed by atoms with van der Waals surface area (Å²) in [5.41, 5.74) is 0. The van der Waals surface area contributed by atoms with Gasteiger partial charge in [-0.05, 0) is 33.2 Å². The third kappa shape index (κ3) is 5.26. The number of halogens is 2. The predicted octanol–water partition coefficient (Wildman–Crippen LogP) is 2.61. The van der Waals surface area contributed by atoms with Crippen molar-refractivity contribution in [2.45, 2.75) is 45.2 Å². The van der Waals surface area contributed by atoms with Gasteiger partial charge in [0.1, 0.15) is 5.01 Å². The first-order valence-electron chi connectivity index (χ1n) is 6.13. The van der Waals surface area contributed by atoms with Crippen LogP contribution in [0.15, 0.2) is 6.20 Å². The Kier molecular flexibility index (Phi) is 8.57. The lowest BCUT2D eigenvalue weighted by Gasteiger charge is -2.24. The second kappa shape index (κ2) is 8.74. The van der Waals surface area contributed by atoms with Gasteiger partial charge in [0.05, 0.1) is 12.1 Å². The van der Waals surface area contributed by atoms with E-state index in [1.807, 2.05) is 20.0 Å². The molecule has 1 aliphatic heterocycles. The third-order valence-corrected chi connectivity index (χ3v) is 4.09. The van der Waals surface area contributed by atoms with E-state index < -0.39 is 0 Å². The molecule has 0 bridgehead atoms. The Morgan fingerprint density at radius 1 is 1.53 bits per heavy atom. The van der Waals surface area contributed by atoms with Crippen LogP contribution in [0.4, 0.5) is 0 Å². The van der Waals surface area contributed by atoms with E-state index in [0.29, 0.717) is 0 Å². The standard InChI is InChI=1S/C12H19N3OS.2ClH/c1-8-7-14-12(17-8)9(2)15-11(16)10-5-3-4-6-13-10;;/h7,9-10,13H,3-6H2,1-2H3,(H,15,16);2*1H/t9?,10-;;/m1../s1. The molecule has 1 unspecified atom stereocenters. The van der Waals surface area contributed by atoms with E-state index in [0.717, 1.165) is 24.4 Å². The summed E-state index contributed by atoms with van der Waals surface area (Å²) in [5.74, 6) is 0.102. The minimum atomic E-state index is -0.0211. The van der Waals surface area contributed by atoms with Crippen LogP contribution in [0.1, 0.15) is 42.1 Å². The summed E-state index contributed by atoms with van der Waals surface area (Å²) in [7, 11) is 0. The fourth-order valence-corrected chi connectivity index (χ4v) is 2.80. The lowest BCUT2D eigenvalue weighted by atomic mass is 10.0. The average Bonchev–Trinajstić information content (AvgIpc) is 2.77. The number of aryl methyl sites for hydroxylation is 1. The molecular weight excluding hydrogens is 305 g/mol. The highest BCUT2D eigenvalue weighted by Crippen LogP contribution is 2.19. The van der Waals surface area contributed by atoms with Crippen molar-refractivity contribution in [3.63, 3.8) is 0 Å². The number of nitrogens with one attached hydrogen (secondary N) is 2. The van der Waals surface area contributed by atoms with Gasteiger partial charge in [-0.25, -0.2) is 4.98 Å². The topological polar surface area (TPSA) is 54.0 Å². The fourth-order valence-electron chi connectivity index (χ4n) is 2.02. The van der Waals surface area contributed by atoms with Gasteiger partial charge in [0, 0.05) is 11.1 Å². The van der Waals surface area contributed by atoms with E-state index in [1.165, 1.54) is 11.3 Å². The maximum Gasteiger partial charge on any atom is 0.237 e. The Labute approximate surface area is 130 Å². The van der Waals surface area contributed by atoms with Crippen LogP contribution in [0.3, 0.4) is 0 Å². The normalized spacial score (nSPS) is 19.8. The number of rotatable bonds is 3. The first-order chi connectivity index (χ1) is 8.16. The number of thiazole rings is 1. The van der Waals surface area contributed by atoms with Crippen molar-refractivity contribution in [1.82, 2.24) is 15.6 Å². The molecule has 0 radical (unpaired) electrons. The Bertz CT molecular complexity index is 394. The van der Waals surface area contributed by atoms with Crippen molar-refractivity contribution in [1.29, 1.82) is 0 Å². The molecule has 0 aromatic carbocycles. The van der Waals surface area contributed by atoms with E-state index in [1.54, 1.807) is 11.3 Å². The summed E-state index contributed by atoms with van der Waals surface area (Å²) in [4.78, 5) is 17.5. The Hall–Kier alpha value is -0.360. The van der Waals surface area contributed by atoms with Gasteiger partial charge in [0.2, 0.25) is 5.91 Å². The van der Waals surface area contributed by atoms with Crippen molar-refractivity contribution in [2.24, 2.45) is 0 Å². The van der Waals surface area contributed by atoms with Gasteiger partial charge >= 0.3 is 0 Å². The van der Waals surface area contributed by atoms with E-state index in [4.69, 9.17) is 0 Å². The van der Waals surface area contributed by atoms with Crippen molar-refractivity contribution in [3.8, 4) is 0 Å². The highest BCUT2D eigenvalue weighted by molar-refractivity contribution is 7.11. The number of piperidine rings is 1. The van der Waals surface area contributed by atoms with E-state index in [9.17, 15) is 4.79 Å². The van der Waals surface area contributed by atoms with Crippen LogP contribution in [-0.4, -0.2) is 23.5 Å². The van der Waals surface area contributed by atoms with Gasteiger partial charge in [0.25, 0.3) is 0 Å². The molecule has 4 nitrogen and oxygen atoms in total. The molecule has 2 N–H and O–H groups in total. The number of aromatic nitrogens is 1. The Balaban J connectivity index is 0.00000162. The molecule has 0 spiro atoms. The number of carbonyl (C=O) groups is 1. The van der Waals surface area contributed by atoms with Crippen LogP contribution in [0.5, 0.6) is 0 Å². The van der Waals surface area contributed by atoms with Crippen LogP contribution in [0.2, 0.25) is 0 Å². The fraction of sp³-hybridized carbons (Fsp3) is 0.667. The zero-order valence-corrected chi connectivity index (χ0v) is 13.6. The number of nitrogens with zero attached hydrogens (tertiary/aromatic N) is 1. The highest BCUT2D eigenvalue weighted by atomic mass is 35.5. The summed E-state index contributed by atoms with van der Waals surface area (Å²) < 4.78 is 0. The minimum absolute atomic E-state index is 0. The molecule has 19 heavy (non-hydrogen) atoms. The molecule has 1 aromatic rings. The van der Waals surface area contributed by atoms with Gasteiger partial charge in [0.15, 0.2) is 0 Å². The zero-order chi connectivity index (χ0) is 12.3. The predicted molar refractivity (Wildman–Crippen MR) is 83.5 cm³/mol. The number of amides is 1. The summed E-state index contributed by atoms with van der Waals surface area (Å²) in [5, 5.41) is 7.26. The molecule has 1 aliphatic rings. The van der Waals surface area contributed by atoms with Crippen molar-refractivity contribution < 1.29 is 4.79 Å². The SMILES string of the molecule is Cc1cnc(C(C)NC(=O)[C@H]2CCCCN2)s1.Cl.Cl. The molecule has 1 amide bonds. The van der Waals surface area contributed by atoms with E-state index >= 15 is 0 Å². The molecule has 7 heteroatoms. The maximum atomic E-state index is 12.0. The van der Waals surface area contributed by atoms with Gasteiger partial charge in [-0.2, -0.15) is 0 Å². The minimum Gasteiger partial charge on any atom is -0.346 e. The first-order valence-corrected chi connectivity index (χ1v) is 6.94. The van der Waals surface area contributed by atoms with Crippen molar-refractivity contribution in [3.05, 3.63) is 16.1 Å². The number of carbonyl (C=O) groups excluding carboxylic acids is 1. The summed E-state index contributed by atoms with van der Waals surface area (Å²) in [6.45, 7) is 4.96. The second-order valence-electron chi connectivity index (χ2n) is 4.54. The van der Waals surface area contributed by atoms with Crippen LogP contribution < -0.4 is 10.6 Å². The van der Waals surface area contributed by atoms with Crippen molar-refractivity contribution >= 4 is 42.1 Å². The highest BCUT2D eigenvalue weighted by Gasteiger charge is 2.22. The zero-order valence-electron chi connectivity index (χ0n) is 11.1. The summed E-state index contributed by atoms with van der Waals surface area (Å²) >= 11 is 1.64. The molecule has 2 heterocycles. The maximum absolute atomic E-state index is 12.0. The smallest absolute Gasteiger partial charge is 0.237 e. The summed E-state index contributed by atoms with van der Waals surface area (Å²) in [6, 6.07) is -0.0165. The van der Waals surface area contributed by atoms with E-state index in [2.05, 4.69) is 15.6 Å². The molecule has 0 saturated carbocycles. The number of hydrogen-bond acceptors (Lipinski definition) is 4. The third-order valence-electron chi connectivity index (χ3n) is 3.00. The molecule has 0 aliphatic carbocycles. The van der Waals surface area contributed by atoms with Crippen LogP contribution in [-0.2, 0) is 4.79 Å². The van der Waals surface area contributed by atoms with E-state index in [-0.39, 0.29) is 42.8 Å². The van der Waals surface area contributed by atoms with Gasteiger partial charge in [-0.1, -0.05) is 6.42 Å². The lowest BCUT2D eigenvalue weighted by molar-refractivity contribution is -0.124. The molecular formula is C12H21Cl2N3OS. The van der Waals surface area contributed by atoms with Crippen LogP contribution >= 0.6 is 36.2 Å². The Morgan fingerprint density at radius 2 is 2.26 bits per heavy atom. The Morgan fingerprint density at radius 3 is 2.79 bits per heavy atom. The summed E-state index contributed by atoms with van der Waals surface area (Å²) in [6.07, 6.45) is 5.10. The average molecular weight is 326 g/mol. The van der Waals surface area contributed by atoms with Gasteiger partial charge in [-0.15, -0.1) is 36.2 Å². The molecule has 2 rings (SSSR count). The molecule has 1 fully saturated rings. The molecule has 110 valence electrons. The molecule has 1 saturated heterocycles. The molecule has 1 aromatic heterocycles. The lowest BCUT2D eigenvalue weighted by Crippen LogP contribution is -2.47. The van der Waals surface area contributed by atoms with Gasteiger partial charge in [-0.3, -0.25) is 4.79 Å². The number of hydrogen-bond donors (Lipinski definition) is 2. The first kappa shape index (κ1) is 18.6. The van der Waals surface area contributed by atoms with Crippen LogP contribution in [0, 0.1) is 6.92 Å². The molecule has 2 atom stereocenters. The van der Waals surface area contributed by atoms with Gasteiger partial charge < -0.3 is 10.6 Å².